The highest BCUT2D eigenvalue weighted by atomic mass is 16.5. The number of carbonyl (C=O) groups is 1. The highest BCUT2D eigenvalue weighted by molar-refractivity contribution is 5.91. The summed E-state index contributed by atoms with van der Waals surface area (Å²) in [7, 11) is 1.62. The molecular weight excluding hydrogens is 340 g/mol. The van der Waals surface area contributed by atoms with Gasteiger partial charge in [0.2, 0.25) is 0 Å². The number of ether oxygens (including phenoxy) is 1. The Bertz CT molecular complexity index is 876. The van der Waals surface area contributed by atoms with Gasteiger partial charge in [0.25, 0.3) is 5.91 Å². The Morgan fingerprint density at radius 3 is 2.22 bits per heavy atom. The van der Waals surface area contributed by atoms with Crippen molar-refractivity contribution >= 4 is 11.7 Å². The Kier molecular flexibility index (Phi) is 5.99. The SMILES string of the molecule is COc1ccc(CNC(=O)c2cnc(NCc3ccc(C)cc3)cn2)cc1. The van der Waals surface area contributed by atoms with Gasteiger partial charge < -0.3 is 15.4 Å². The molecule has 0 unspecified atom stereocenters. The Morgan fingerprint density at radius 2 is 1.59 bits per heavy atom. The molecule has 0 saturated heterocycles. The summed E-state index contributed by atoms with van der Waals surface area (Å²) in [5.74, 6) is 1.15. The quantitative estimate of drug-likeness (QED) is 0.674. The van der Waals surface area contributed by atoms with Crippen molar-refractivity contribution in [3.05, 3.63) is 83.3 Å². The summed E-state index contributed by atoms with van der Waals surface area (Å²) in [5.41, 5.74) is 3.64. The van der Waals surface area contributed by atoms with Crippen molar-refractivity contribution in [2.75, 3.05) is 12.4 Å². The minimum atomic E-state index is -0.261. The Balaban J connectivity index is 1.51. The molecule has 3 rings (SSSR count). The van der Waals surface area contributed by atoms with E-state index in [-0.39, 0.29) is 11.6 Å². The van der Waals surface area contributed by atoms with Crippen molar-refractivity contribution in [1.82, 2.24) is 15.3 Å². The van der Waals surface area contributed by atoms with Crippen LogP contribution in [0.2, 0.25) is 0 Å². The van der Waals surface area contributed by atoms with E-state index in [9.17, 15) is 4.79 Å². The Hall–Kier alpha value is -3.41. The molecule has 0 atom stereocenters. The lowest BCUT2D eigenvalue weighted by Crippen LogP contribution is -2.24. The fourth-order valence-corrected chi connectivity index (χ4v) is 2.45. The van der Waals surface area contributed by atoms with E-state index in [2.05, 4.69) is 51.8 Å². The maximum Gasteiger partial charge on any atom is 0.271 e. The predicted octanol–water partition coefficient (Wildman–Crippen LogP) is 3.34. The molecule has 2 aromatic carbocycles. The fourth-order valence-electron chi connectivity index (χ4n) is 2.45. The predicted molar refractivity (Wildman–Crippen MR) is 105 cm³/mol. The minimum absolute atomic E-state index is 0.261. The highest BCUT2D eigenvalue weighted by Crippen LogP contribution is 2.11. The summed E-state index contributed by atoms with van der Waals surface area (Å²) in [4.78, 5) is 20.7. The summed E-state index contributed by atoms with van der Waals surface area (Å²) in [6, 6.07) is 15.8. The largest absolute Gasteiger partial charge is 0.497 e. The molecule has 0 saturated carbocycles. The van der Waals surface area contributed by atoms with Gasteiger partial charge in [-0.05, 0) is 30.2 Å². The van der Waals surface area contributed by atoms with E-state index in [0.29, 0.717) is 18.9 Å². The van der Waals surface area contributed by atoms with Gasteiger partial charge in [-0.2, -0.15) is 0 Å². The van der Waals surface area contributed by atoms with Gasteiger partial charge in [-0.15, -0.1) is 0 Å². The van der Waals surface area contributed by atoms with Crippen LogP contribution in [0.1, 0.15) is 27.2 Å². The second-order valence-corrected chi connectivity index (χ2v) is 6.16. The lowest BCUT2D eigenvalue weighted by Gasteiger charge is -2.08. The summed E-state index contributed by atoms with van der Waals surface area (Å²) >= 11 is 0. The van der Waals surface area contributed by atoms with Crippen molar-refractivity contribution in [2.24, 2.45) is 0 Å². The van der Waals surface area contributed by atoms with Crippen LogP contribution in [0.25, 0.3) is 0 Å². The molecule has 2 N–H and O–H groups in total. The minimum Gasteiger partial charge on any atom is -0.497 e. The van der Waals surface area contributed by atoms with Gasteiger partial charge in [0.1, 0.15) is 17.3 Å². The second-order valence-electron chi connectivity index (χ2n) is 6.16. The van der Waals surface area contributed by atoms with E-state index in [1.54, 1.807) is 13.3 Å². The number of rotatable bonds is 7. The number of nitrogens with one attached hydrogen (secondary N) is 2. The number of amides is 1. The topological polar surface area (TPSA) is 76.1 Å². The third kappa shape index (κ3) is 5.28. The van der Waals surface area contributed by atoms with E-state index in [1.807, 2.05) is 24.3 Å². The molecule has 0 bridgehead atoms. The van der Waals surface area contributed by atoms with Crippen LogP contribution in [0.5, 0.6) is 5.75 Å². The number of nitrogens with zero attached hydrogens (tertiary/aromatic N) is 2. The maximum absolute atomic E-state index is 12.2. The number of benzene rings is 2. The van der Waals surface area contributed by atoms with Gasteiger partial charge >= 0.3 is 0 Å². The molecule has 0 radical (unpaired) electrons. The summed E-state index contributed by atoms with van der Waals surface area (Å²) < 4.78 is 5.12. The van der Waals surface area contributed by atoms with Crippen LogP contribution in [-0.2, 0) is 13.1 Å². The lowest BCUT2D eigenvalue weighted by atomic mass is 10.1. The third-order valence-corrected chi connectivity index (χ3v) is 4.09. The van der Waals surface area contributed by atoms with E-state index >= 15 is 0 Å². The van der Waals surface area contributed by atoms with Crippen LogP contribution in [0.3, 0.4) is 0 Å². The number of hydrogen-bond acceptors (Lipinski definition) is 5. The molecule has 0 aliphatic heterocycles. The summed E-state index contributed by atoms with van der Waals surface area (Å²) in [5, 5.41) is 6.03. The van der Waals surface area contributed by atoms with Crippen molar-refractivity contribution in [3.63, 3.8) is 0 Å². The molecule has 138 valence electrons. The summed E-state index contributed by atoms with van der Waals surface area (Å²) in [6.07, 6.45) is 3.04. The standard InChI is InChI=1S/C21H22N4O2/c1-15-3-5-16(6-4-15)11-23-20-14-22-19(13-24-20)21(26)25-12-17-7-9-18(27-2)10-8-17/h3-10,13-14H,11-12H2,1-2H3,(H,23,24)(H,25,26). The Labute approximate surface area is 158 Å². The molecule has 6 heteroatoms. The number of anilines is 1. The zero-order valence-corrected chi connectivity index (χ0v) is 15.4. The monoisotopic (exact) mass is 362 g/mol. The van der Waals surface area contributed by atoms with E-state index < -0.39 is 0 Å². The maximum atomic E-state index is 12.2. The van der Waals surface area contributed by atoms with Crippen molar-refractivity contribution in [1.29, 1.82) is 0 Å². The van der Waals surface area contributed by atoms with Crippen LogP contribution in [-0.4, -0.2) is 23.0 Å². The normalized spacial score (nSPS) is 10.3. The van der Waals surface area contributed by atoms with Crippen LogP contribution in [0.4, 0.5) is 5.82 Å². The summed E-state index contributed by atoms with van der Waals surface area (Å²) in [6.45, 7) is 3.12. The number of methoxy groups -OCH3 is 1. The molecule has 0 spiro atoms. The number of aromatic nitrogens is 2. The number of aryl methyl sites for hydroxylation is 1. The molecule has 1 aromatic heterocycles. The van der Waals surface area contributed by atoms with Crippen molar-refractivity contribution in [2.45, 2.75) is 20.0 Å². The first-order chi connectivity index (χ1) is 13.1. The van der Waals surface area contributed by atoms with Crippen LogP contribution < -0.4 is 15.4 Å². The zero-order chi connectivity index (χ0) is 19.1. The molecule has 6 nitrogen and oxygen atoms in total. The first-order valence-corrected chi connectivity index (χ1v) is 8.66. The van der Waals surface area contributed by atoms with Gasteiger partial charge in [-0.25, -0.2) is 9.97 Å². The van der Waals surface area contributed by atoms with Crippen molar-refractivity contribution in [3.8, 4) is 5.75 Å². The first kappa shape index (κ1) is 18.4. The van der Waals surface area contributed by atoms with Gasteiger partial charge in [0.15, 0.2) is 0 Å². The number of hydrogen-bond donors (Lipinski definition) is 2. The van der Waals surface area contributed by atoms with E-state index in [0.717, 1.165) is 16.9 Å². The fraction of sp³-hybridized carbons (Fsp3) is 0.190. The molecule has 0 fully saturated rings. The van der Waals surface area contributed by atoms with E-state index in [4.69, 9.17) is 4.74 Å². The second kappa shape index (κ2) is 8.80. The van der Waals surface area contributed by atoms with Gasteiger partial charge in [-0.1, -0.05) is 42.0 Å². The molecule has 1 amide bonds. The number of carbonyl (C=O) groups excluding carboxylic acids is 1. The molecule has 0 aliphatic rings. The van der Waals surface area contributed by atoms with Crippen molar-refractivity contribution < 1.29 is 9.53 Å². The van der Waals surface area contributed by atoms with Crippen LogP contribution >= 0.6 is 0 Å². The first-order valence-electron chi connectivity index (χ1n) is 8.66. The van der Waals surface area contributed by atoms with Gasteiger partial charge in [-0.3, -0.25) is 4.79 Å². The molecular formula is C21H22N4O2. The molecule has 3 aromatic rings. The molecule has 27 heavy (non-hydrogen) atoms. The van der Waals surface area contributed by atoms with Gasteiger partial charge in [0.05, 0.1) is 19.5 Å². The average molecular weight is 362 g/mol. The molecule has 0 aliphatic carbocycles. The van der Waals surface area contributed by atoms with Gasteiger partial charge in [0, 0.05) is 13.1 Å². The molecule has 1 heterocycles. The van der Waals surface area contributed by atoms with E-state index in [1.165, 1.54) is 11.8 Å². The highest BCUT2D eigenvalue weighted by Gasteiger charge is 2.08. The van der Waals surface area contributed by atoms with Crippen LogP contribution in [0.15, 0.2) is 60.9 Å². The lowest BCUT2D eigenvalue weighted by molar-refractivity contribution is 0.0945. The Morgan fingerprint density at radius 1 is 0.926 bits per heavy atom. The smallest absolute Gasteiger partial charge is 0.271 e. The third-order valence-electron chi connectivity index (χ3n) is 4.09. The zero-order valence-electron chi connectivity index (χ0n) is 15.4. The van der Waals surface area contributed by atoms with Crippen LogP contribution in [0, 0.1) is 6.92 Å². The average Bonchev–Trinajstić information content (AvgIpc) is 2.72.